The maximum Gasteiger partial charge on any atom is 0.226 e. The van der Waals surface area contributed by atoms with Crippen molar-refractivity contribution in [3.63, 3.8) is 0 Å². The molecule has 19 heavy (non-hydrogen) atoms. The SMILES string of the molecule is CCN(Cc1ccccn1)c1n[nH]c(=S)n1C(C)C. The van der Waals surface area contributed by atoms with Crippen molar-refractivity contribution >= 4 is 18.2 Å². The summed E-state index contributed by atoms with van der Waals surface area (Å²) in [6, 6.07) is 6.21. The van der Waals surface area contributed by atoms with E-state index in [0.29, 0.717) is 4.77 Å². The molecule has 0 aromatic carbocycles. The third-order valence-corrected chi connectivity index (χ3v) is 3.23. The summed E-state index contributed by atoms with van der Waals surface area (Å²) in [6.07, 6.45) is 1.81. The van der Waals surface area contributed by atoms with Crippen LogP contribution in [0.25, 0.3) is 0 Å². The molecule has 2 heterocycles. The Labute approximate surface area is 118 Å². The summed E-state index contributed by atoms with van der Waals surface area (Å²) in [5, 5.41) is 7.22. The molecule has 5 nitrogen and oxygen atoms in total. The zero-order valence-electron chi connectivity index (χ0n) is 11.5. The Balaban J connectivity index is 2.30. The van der Waals surface area contributed by atoms with Crippen molar-refractivity contribution in [2.75, 3.05) is 11.4 Å². The topological polar surface area (TPSA) is 49.7 Å². The van der Waals surface area contributed by atoms with Crippen LogP contribution in [0, 0.1) is 4.77 Å². The number of anilines is 1. The fourth-order valence-corrected chi connectivity index (χ4v) is 2.33. The molecule has 102 valence electrons. The fourth-order valence-electron chi connectivity index (χ4n) is 2.00. The van der Waals surface area contributed by atoms with E-state index < -0.39 is 0 Å². The minimum atomic E-state index is 0.277. The van der Waals surface area contributed by atoms with Gasteiger partial charge >= 0.3 is 0 Å². The van der Waals surface area contributed by atoms with Gasteiger partial charge < -0.3 is 4.90 Å². The monoisotopic (exact) mass is 277 g/mol. The molecule has 0 saturated heterocycles. The standard InChI is InChI=1S/C13H19N5S/c1-4-17(9-11-7-5-6-8-14-11)12-15-16-13(19)18(12)10(2)3/h5-8,10H,4,9H2,1-3H3,(H,16,19). The highest BCUT2D eigenvalue weighted by atomic mass is 32.1. The largest absolute Gasteiger partial charge is 0.335 e. The van der Waals surface area contributed by atoms with Crippen molar-refractivity contribution in [2.45, 2.75) is 33.4 Å². The van der Waals surface area contributed by atoms with Crippen LogP contribution in [-0.2, 0) is 6.54 Å². The quantitative estimate of drug-likeness (QED) is 0.854. The lowest BCUT2D eigenvalue weighted by Gasteiger charge is -2.23. The minimum Gasteiger partial charge on any atom is -0.335 e. The molecule has 0 aliphatic rings. The second kappa shape index (κ2) is 5.97. The molecule has 0 aliphatic heterocycles. The zero-order chi connectivity index (χ0) is 13.8. The molecule has 0 aliphatic carbocycles. The van der Waals surface area contributed by atoms with Gasteiger partial charge in [0, 0.05) is 18.8 Å². The molecule has 6 heteroatoms. The van der Waals surface area contributed by atoms with E-state index in [0.717, 1.165) is 24.7 Å². The lowest BCUT2D eigenvalue weighted by atomic mass is 10.3. The molecule has 0 bridgehead atoms. The van der Waals surface area contributed by atoms with E-state index in [2.05, 4.69) is 40.9 Å². The number of nitrogens with zero attached hydrogens (tertiary/aromatic N) is 4. The van der Waals surface area contributed by atoms with Gasteiger partial charge in [-0.1, -0.05) is 6.07 Å². The number of rotatable bonds is 5. The normalized spacial score (nSPS) is 10.9. The first-order valence-electron chi connectivity index (χ1n) is 6.45. The first kappa shape index (κ1) is 13.7. The molecule has 0 radical (unpaired) electrons. The molecule has 2 aromatic rings. The van der Waals surface area contributed by atoms with Crippen molar-refractivity contribution in [2.24, 2.45) is 0 Å². The van der Waals surface area contributed by atoms with E-state index in [1.807, 2.05) is 29.0 Å². The summed E-state index contributed by atoms with van der Waals surface area (Å²) in [5.41, 5.74) is 1.02. The van der Waals surface area contributed by atoms with E-state index in [1.54, 1.807) is 0 Å². The second-order valence-corrected chi connectivity index (χ2v) is 5.01. The van der Waals surface area contributed by atoms with E-state index >= 15 is 0 Å². The molecule has 1 N–H and O–H groups in total. The van der Waals surface area contributed by atoms with Gasteiger partial charge in [0.05, 0.1) is 12.2 Å². The van der Waals surface area contributed by atoms with Gasteiger partial charge in [-0.05, 0) is 45.1 Å². The highest BCUT2D eigenvalue weighted by Gasteiger charge is 2.15. The van der Waals surface area contributed by atoms with Crippen LogP contribution >= 0.6 is 12.2 Å². The fraction of sp³-hybridized carbons (Fsp3) is 0.462. The highest BCUT2D eigenvalue weighted by Crippen LogP contribution is 2.18. The molecule has 2 rings (SSSR count). The Bertz CT molecular complexity index is 572. The lowest BCUT2D eigenvalue weighted by molar-refractivity contribution is 0.577. The van der Waals surface area contributed by atoms with Gasteiger partial charge in [0.25, 0.3) is 0 Å². The molecule has 0 atom stereocenters. The Hall–Kier alpha value is -1.69. The first-order valence-corrected chi connectivity index (χ1v) is 6.86. The number of hydrogen-bond acceptors (Lipinski definition) is 4. The molecule has 0 fully saturated rings. The van der Waals surface area contributed by atoms with Gasteiger partial charge in [-0.3, -0.25) is 9.55 Å². The number of hydrogen-bond donors (Lipinski definition) is 1. The Morgan fingerprint density at radius 2 is 2.21 bits per heavy atom. The van der Waals surface area contributed by atoms with Crippen LogP contribution in [0.1, 0.15) is 32.5 Å². The molecular formula is C13H19N5S. The van der Waals surface area contributed by atoms with Crippen molar-refractivity contribution in [1.82, 2.24) is 19.7 Å². The van der Waals surface area contributed by atoms with Gasteiger partial charge in [0.15, 0.2) is 4.77 Å². The number of aromatic nitrogens is 4. The van der Waals surface area contributed by atoms with Gasteiger partial charge in [-0.15, -0.1) is 5.10 Å². The average Bonchev–Trinajstić information content (AvgIpc) is 2.79. The summed E-state index contributed by atoms with van der Waals surface area (Å²) < 4.78 is 2.69. The first-order chi connectivity index (χ1) is 9.13. The summed E-state index contributed by atoms with van der Waals surface area (Å²) in [7, 11) is 0. The van der Waals surface area contributed by atoms with Crippen LogP contribution < -0.4 is 4.90 Å². The van der Waals surface area contributed by atoms with E-state index in [-0.39, 0.29) is 6.04 Å². The Kier molecular flexibility index (Phi) is 4.31. The van der Waals surface area contributed by atoms with Crippen molar-refractivity contribution in [1.29, 1.82) is 0 Å². The average molecular weight is 277 g/mol. The second-order valence-electron chi connectivity index (χ2n) is 4.63. The van der Waals surface area contributed by atoms with E-state index in [9.17, 15) is 0 Å². The maximum atomic E-state index is 5.28. The third-order valence-electron chi connectivity index (χ3n) is 2.95. The van der Waals surface area contributed by atoms with Gasteiger partial charge in [0.2, 0.25) is 5.95 Å². The number of H-pyrrole nitrogens is 1. The number of pyridine rings is 1. The molecular weight excluding hydrogens is 258 g/mol. The Morgan fingerprint density at radius 1 is 1.42 bits per heavy atom. The summed E-state index contributed by atoms with van der Waals surface area (Å²) >= 11 is 5.28. The van der Waals surface area contributed by atoms with Crippen LogP contribution in [0.2, 0.25) is 0 Å². The number of nitrogens with one attached hydrogen (secondary N) is 1. The predicted molar refractivity (Wildman–Crippen MR) is 78.8 cm³/mol. The third kappa shape index (κ3) is 3.01. The lowest BCUT2D eigenvalue weighted by Crippen LogP contribution is -2.26. The molecule has 2 aromatic heterocycles. The van der Waals surface area contributed by atoms with Gasteiger partial charge in [0.1, 0.15) is 0 Å². The van der Waals surface area contributed by atoms with Crippen LogP contribution in [-0.4, -0.2) is 26.3 Å². The predicted octanol–water partition coefficient (Wildman–Crippen LogP) is 2.94. The van der Waals surface area contributed by atoms with Crippen LogP contribution in [0.4, 0.5) is 5.95 Å². The smallest absolute Gasteiger partial charge is 0.226 e. The molecule has 0 unspecified atom stereocenters. The minimum absolute atomic E-state index is 0.277. The van der Waals surface area contributed by atoms with E-state index in [1.165, 1.54) is 0 Å². The van der Waals surface area contributed by atoms with Gasteiger partial charge in [-0.2, -0.15) is 0 Å². The summed E-state index contributed by atoms with van der Waals surface area (Å²) in [6.45, 7) is 7.88. The summed E-state index contributed by atoms with van der Waals surface area (Å²) in [5.74, 6) is 0.869. The van der Waals surface area contributed by atoms with E-state index in [4.69, 9.17) is 12.2 Å². The highest BCUT2D eigenvalue weighted by molar-refractivity contribution is 7.71. The maximum absolute atomic E-state index is 5.28. The zero-order valence-corrected chi connectivity index (χ0v) is 12.3. The van der Waals surface area contributed by atoms with Crippen molar-refractivity contribution in [3.8, 4) is 0 Å². The number of aromatic amines is 1. The van der Waals surface area contributed by atoms with Crippen molar-refractivity contribution in [3.05, 3.63) is 34.9 Å². The van der Waals surface area contributed by atoms with Crippen molar-refractivity contribution < 1.29 is 0 Å². The molecule has 0 saturated carbocycles. The van der Waals surface area contributed by atoms with Crippen LogP contribution in [0.5, 0.6) is 0 Å². The Morgan fingerprint density at radius 3 is 2.79 bits per heavy atom. The van der Waals surface area contributed by atoms with Gasteiger partial charge in [-0.25, -0.2) is 5.10 Å². The molecule has 0 spiro atoms. The van der Waals surface area contributed by atoms with Crippen LogP contribution in [0.3, 0.4) is 0 Å². The summed E-state index contributed by atoms with van der Waals surface area (Å²) in [4.78, 5) is 6.52. The molecule has 0 amide bonds. The van der Waals surface area contributed by atoms with Crippen LogP contribution in [0.15, 0.2) is 24.4 Å².